The van der Waals surface area contributed by atoms with E-state index in [-0.39, 0.29) is 0 Å². The zero-order valence-electron chi connectivity index (χ0n) is 7.04. The Balaban J connectivity index is 2.28. The zero-order valence-corrected chi connectivity index (χ0v) is 9.38. The number of halogens is 2. The average molecular weight is 262 g/mol. The van der Waals surface area contributed by atoms with Gasteiger partial charge >= 0.3 is 0 Å². The quantitative estimate of drug-likeness (QED) is 0.803. The molecule has 0 saturated heterocycles. The van der Waals surface area contributed by atoms with Crippen molar-refractivity contribution in [3.8, 4) is 0 Å². The largest absolute Gasteiger partial charge is 0.371 e. The summed E-state index contributed by atoms with van der Waals surface area (Å²) < 4.78 is 5.34. The Morgan fingerprint density at radius 3 is 2.69 bits per heavy atom. The molecular formula is C10H10BrClO. The Labute approximate surface area is 91.5 Å². The molecule has 0 saturated carbocycles. The molecule has 0 aliphatic carbocycles. The summed E-state index contributed by atoms with van der Waals surface area (Å²) in [5.41, 5.74) is 1.15. The Hall–Kier alpha value is -0.310. The summed E-state index contributed by atoms with van der Waals surface area (Å²) in [6.45, 7) is 1.04. The van der Waals surface area contributed by atoms with Crippen LogP contribution in [0.1, 0.15) is 5.56 Å². The molecule has 0 aliphatic heterocycles. The smallest absolute Gasteiger partial charge is 0.0832 e. The molecule has 0 aromatic heterocycles. The molecule has 3 heteroatoms. The molecule has 0 atom stereocenters. The summed E-state index contributed by atoms with van der Waals surface area (Å²) in [5.74, 6) is 0. The molecule has 13 heavy (non-hydrogen) atoms. The second-order valence-electron chi connectivity index (χ2n) is 2.53. The molecule has 0 N–H and O–H groups in total. The van der Waals surface area contributed by atoms with Crippen molar-refractivity contribution >= 4 is 27.5 Å². The number of hydrogen-bond donors (Lipinski definition) is 0. The van der Waals surface area contributed by atoms with Crippen LogP contribution in [0.15, 0.2) is 40.3 Å². The lowest BCUT2D eigenvalue weighted by Gasteiger charge is -2.02. The normalized spacial score (nSPS) is 11.7. The van der Waals surface area contributed by atoms with Crippen LogP contribution in [0.25, 0.3) is 0 Å². The third kappa shape index (κ3) is 4.46. The van der Waals surface area contributed by atoms with Crippen LogP contribution < -0.4 is 0 Å². The van der Waals surface area contributed by atoms with Crippen molar-refractivity contribution in [2.45, 2.75) is 6.61 Å². The highest BCUT2D eigenvalue weighted by atomic mass is 79.9. The minimum absolute atomic E-state index is 0.446. The summed E-state index contributed by atoms with van der Waals surface area (Å²) >= 11 is 8.85. The van der Waals surface area contributed by atoms with Gasteiger partial charge in [-0.25, -0.2) is 0 Å². The van der Waals surface area contributed by atoms with Crippen LogP contribution in [0, 0.1) is 0 Å². The average Bonchev–Trinajstić information content (AvgIpc) is 2.19. The van der Waals surface area contributed by atoms with Crippen LogP contribution >= 0.6 is 27.5 Å². The van der Waals surface area contributed by atoms with Crippen LogP contribution in [-0.2, 0) is 11.3 Å². The van der Waals surface area contributed by atoms with Crippen molar-refractivity contribution < 1.29 is 4.74 Å². The maximum atomic E-state index is 5.72. The number of ether oxygens (including phenoxy) is 1. The van der Waals surface area contributed by atoms with Gasteiger partial charge in [0, 0.05) is 0 Å². The van der Waals surface area contributed by atoms with Gasteiger partial charge in [-0.15, -0.1) is 0 Å². The fraction of sp³-hybridized carbons (Fsp3) is 0.200. The highest BCUT2D eigenvalue weighted by Gasteiger charge is 1.93. The summed E-state index contributed by atoms with van der Waals surface area (Å²) in [6, 6.07) is 9.99. The van der Waals surface area contributed by atoms with E-state index in [4.69, 9.17) is 16.3 Å². The fourth-order valence-electron chi connectivity index (χ4n) is 0.872. The van der Waals surface area contributed by atoms with Gasteiger partial charge in [0.05, 0.1) is 18.2 Å². The first-order valence-corrected chi connectivity index (χ1v) is 5.18. The van der Waals surface area contributed by atoms with Crippen molar-refractivity contribution in [2.75, 3.05) is 6.61 Å². The van der Waals surface area contributed by atoms with E-state index < -0.39 is 0 Å². The standard InChI is InChI=1S/C10H10BrClO/c11-6-10(12)8-13-7-9-4-2-1-3-5-9/h1-6H,7-8H2/b10-6-. The molecule has 0 heterocycles. The topological polar surface area (TPSA) is 9.23 Å². The molecule has 0 aliphatic rings. The summed E-state index contributed by atoms with van der Waals surface area (Å²) in [5, 5.41) is 0.663. The van der Waals surface area contributed by atoms with Crippen LogP contribution in [0.2, 0.25) is 0 Å². The van der Waals surface area contributed by atoms with Crippen LogP contribution in [0.3, 0.4) is 0 Å². The van der Waals surface area contributed by atoms with Crippen LogP contribution in [0.4, 0.5) is 0 Å². The zero-order chi connectivity index (χ0) is 9.52. The molecule has 0 radical (unpaired) electrons. The van der Waals surface area contributed by atoms with Crippen LogP contribution in [-0.4, -0.2) is 6.61 Å². The van der Waals surface area contributed by atoms with Gasteiger partial charge in [0.1, 0.15) is 0 Å². The monoisotopic (exact) mass is 260 g/mol. The highest BCUT2D eigenvalue weighted by Crippen LogP contribution is 2.07. The molecule has 0 amide bonds. The minimum atomic E-state index is 0.446. The molecule has 0 spiro atoms. The van der Waals surface area contributed by atoms with E-state index in [0.717, 1.165) is 5.56 Å². The Morgan fingerprint density at radius 1 is 1.38 bits per heavy atom. The first kappa shape index (κ1) is 10.8. The Kier molecular flexibility index (Phi) is 5.13. The van der Waals surface area contributed by atoms with E-state index >= 15 is 0 Å². The maximum Gasteiger partial charge on any atom is 0.0832 e. The summed E-state index contributed by atoms with van der Waals surface area (Å²) in [7, 11) is 0. The fourth-order valence-corrected chi connectivity index (χ4v) is 1.08. The van der Waals surface area contributed by atoms with Gasteiger partial charge in [0.15, 0.2) is 0 Å². The van der Waals surface area contributed by atoms with Gasteiger partial charge in [-0.05, 0) is 10.5 Å². The number of benzene rings is 1. The second-order valence-corrected chi connectivity index (χ2v) is 3.48. The molecule has 1 rings (SSSR count). The molecule has 0 fully saturated rings. The van der Waals surface area contributed by atoms with E-state index in [0.29, 0.717) is 18.2 Å². The molecule has 1 aromatic carbocycles. The molecule has 1 nitrogen and oxygen atoms in total. The SMILES string of the molecule is Cl/C(=C\Br)COCc1ccccc1. The molecular weight excluding hydrogens is 251 g/mol. The van der Waals surface area contributed by atoms with Crippen molar-refractivity contribution in [2.24, 2.45) is 0 Å². The first-order chi connectivity index (χ1) is 6.33. The first-order valence-electron chi connectivity index (χ1n) is 3.89. The van der Waals surface area contributed by atoms with Gasteiger partial charge in [-0.2, -0.15) is 0 Å². The van der Waals surface area contributed by atoms with Crippen LogP contribution in [0.5, 0.6) is 0 Å². The van der Waals surface area contributed by atoms with Gasteiger partial charge in [-0.3, -0.25) is 0 Å². The van der Waals surface area contributed by atoms with Crippen molar-refractivity contribution in [3.63, 3.8) is 0 Å². The Morgan fingerprint density at radius 2 is 2.08 bits per heavy atom. The van der Waals surface area contributed by atoms with E-state index in [2.05, 4.69) is 15.9 Å². The molecule has 0 unspecified atom stereocenters. The van der Waals surface area contributed by atoms with Crippen molar-refractivity contribution in [1.82, 2.24) is 0 Å². The number of rotatable bonds is 4. The third-order valence-electron chi connectivity index (χ3n) is 1.47. The summed E-state index contributed by atoms with van der Waals surface area (Å²) in [6.07, 6.45) is 0. The van der Waals surface area contributed by atoms with Crippen molar-refractivity contribution in [1.29, 1.82) is 0 Å². The van der Waals surface area contributed by atoms with E-state index in [1.807, 2.05) is 30.3 Å². The number of hydrogen-bond acceptors (Lipinski definition) is 1. The lowest BCUT2D eigenvalue weighted by molar-refractivity contribution is 0.146. The Bertz CT molecular complexity index is 272. The van der Waals surface area contributed by atoms with Crippen molar-refractivity contribution in [3.05, 3.63) is 45.9 Å². The molecule has 0 bridgehead atoms. The van der Waals surface area contributed by atoms with Gasteiger partial charge in [0.25, 0.3) is 0 Å². The van der Waals surface area contributed by atoms with Gasteiger partial charge in [0.2, 0.25) is 0 Å². The summed E-state index contributed by atoms with van der Waals surface area (Å²) in [4.78, 5) is 1.65. The minimum Gasteiger partial charge on any atom is -0.371 e. The lowest BCUT2D eigenvalue weighted by Crippen LogP contribution is -1.94. The highest BCUT2D eigenvalue weighted by molar-refractivity contribution is 9.11. The second kappa shape index (κ2) is 6.19. The predicted octanol–water partition coefficient (Wildman–Crippen LogP) is 3.68. The van der Waals surface area contributed by atoms with Gasteiger partial charge < -0.3 is 4.74 Å². The molecule has 1 aromatic rings. The van der Waals surface area contributed by atoms with E-state index in [1.165, 1.54) is 0 Å². The predicted molar refractivity (Wildman–Crippen MR) is 59.0 cm³/mol. The third-order valence-corrected chi connectivity index (χ3v) is 2.50. The molecule has 70 valence electrons. The lowest BCUT2D eigenvalue weighted by atomic mass is 10.2. The van der Waals surface area contributed by atoms with E-state index in [1.54, 1.807) is 4.99 Å². The maximum absolute atomic E-state index is 5.72. The van der Waals surface area contributed by atoms with Gasteiger partial charge in [-0.1, -0.05) is 57.9 Å². The van der Waals surface area contributed by atoms with E-state index in [9.17, 15) is 0 Å².